The summed E-state index contributed by atoms with van der Waals surface area (Å²) in [5, 5.41) is 8.40. The highest BCUT2D eigenvalue weighted by atomic mass is 35.5. The van der Waals surface area contributed by atoms with Gasteiger partial charge in [-0.1, -0.05) is 47.5 Å². The van der Waals surface area contributed by atoms with Gasteiger partial charge in [-0.25, -0.2) is 0 Å². The molecule has 3 heterocycles. The van der Waals surface area contributed by atoms with Gasteiger partial charge in [-0.3, -0.25) is 4.79 Å². The van der Waals surface area contributed by atoms with Crippen molar-refractivity contribution in [2.45, 2.75) is 19.3 Å². The maximum absolute atomic E-state index is 12.5. The number of aromatic nitrogens is 3. The number of anilines is 1. The number of para-hydroxylation sites is 2. The van der Waals surface area contributed by atoms with E-state index in [0.717, 1.165) is 22.3 Å². The summed E-state index contributed by atoms with van der Waals surface area (Å²) in [5.41, 5.74) is 3.81. The van der Waals surface area contributed by atoms with Crippen LogP contribution >= 0.6 is 23.2 Å². The van der Waals surface area contributed by atoms with E-state index in [0.29, 0.717) is 27.5 Å². The second-order valence-corrected chi connectivity index (χ2v) is 7.46. The van der Waals surface area contributed by atoms with Crippen molar-refractivity contribution in [3.05, 3.63) is 69.3 Å². The number of aryl methyl sites for hydroxylation is 1. The Morgan fingerprint density at radius 3 is 2.82 bits per heavy atom. The quantitative estimate of drug-likeness (QED) is 0.496. The topological polar surface area (TPSA) is 73.0 Å². The Morgan fingerprint density at radius 1 is 1.18 bits per heavy atom. The maximum atomic E-state index is 12.5. The molecule has 0 radical (unpaired) electrons. The summed E-state index contributed by atoms with van der Waals surface area (Å²) in [6.07, 6.45) is 0.257. The Bertz CT molecular complexity index is 1210. The minimum atomic E-state index is -0.256. The second-order valence-electron chi connectivity index (χ2n) is 6.67. The molecule has 140 valence electrons. The van der Waals surface area contributed by atoms with Crippen LogP contribution in [0.2, 0.25) is 10.0 Å². The average Bonchev–Trinajstić information content (AvgIpc) is 3.24. The van der Waals surface area contributed by atoms with Gasteiger partial charge in [0.1, 0.15) is 11.3 Å². The third kappa shape index (κ3) is 2.60. The number of hydrogen-bond acceptors (Lipinski definition) is 4. The largest absolute Gasteiger partial charge is 0.422 e. The van der Waals surface area contributed by atoms with Gasteiger partial charge in [-0.2, -0.15) is 14.8 Å². The van der Waals surface area contributed by atoms with Crippen LogP contribution in [0.4, 0.5) is 5.82 Å². The number of hydrogen-bond donors (Lipinski definition) is 1. The number of nitrogens with one attached hydrogen (secondary N) is 1. The van der Waals surface area contributed by atoms with Crippen LogP contribution in [0.5, 0.6) is 0 Å². The Kier molecular flexibility index (Phi) is 3.92. The molecule has 2 aromatic heterocycles. The summed E-state index contributed by atoms with van der Waals surface area (Å²) in [7, 11) is 0. The van der Waals surface area contributed by atoms with Gasteiger partial charge in [-0.05, 0) is 30.7 Å². The molecule has 4 aromatic rings. The van der Waals surface area contributed by atoms with E-state index in [-0.39, 0.29) is 18.2 Å². The van der Waals surface area contributed by atoms with Gasteiger partial charge in [0.05, 0.1) is 15.7 Å². The highest BCUT2D eigenvalue weighted by molar-refractivity contribution is 6.42. The summed E-state index contributed by atoms with van der Waals surface area (Å²) in [6.45, 7) is 1.89. The molecule has 0 fully saturated rings. The van der Waals surface area contributed by atoms with Crippen LogP contribution in [-0.4, -0.2) is 20.7 Å². The van der Waals surface area contributed by atoms with E-state index in [1.807, 2.05) is 43.3 Å². The Labute approximate surface area is 170 Å². The lowest BCUT2D eigenvalue weighted by atomic mass is 9.86. The Balaban J connectivity index is 1.70. The number of oxazole rings is 1. The zero-order chi connectivity index (χ0) is 19.4. The van der Waals surface area contributed by atoms with Crippen molar-refractivity contribution in [3.63, 3.8) is 0 Å². The number of nitrogens with zero attached hydrogens (tertiary/aromatic N) is 3. The van der Waals surface area contributed by atoms with Crippen LogP contribution < -0.4 is 5.32 Å². The first-order chi connectivity index (χ1) is 13.5. The molecule has 1 atom stereocenters. The lowest BCUT2D eigenvalue weighted by Gasteiger charge is -2.25. The molecular weight excluding hydrogens is 399 g/mol. The van der Waals surface area contributed by atoms with Gasteiger partial charge in [0, 0.05) is 17.9 Å². The maximum Gasteiger partial charge on any atom is 0.325 e. The fourth-order valence-electron chi connectivity index (χ4n) is 3.69. The van der Waals surface area contributed by atoms with Crippen molar-refractivity contribution in [1.29, 1.82) is 0 Å². The van der Waals surface area contributed by atoms with Crippen LogP contribution in [0.25, 0.3) is 17.1 Å². The average molecular weight is 413 g/mol. The van der Waals surface area contributed by atoms with Gasteiger partial charge in [0.25, 0.3) is 0 Å². The molecule has 5 rings (SSSR count). The molecule has 0 spiro atoms. The predicted molar refractivity (Wildman–Crippen MR) is 107 cm³/mol. The van der Waals surface area contributed by atoms with Gasteiger partial charge in [0.2, 0.25) is 5.91 Å². The first-order valence-corrected chi connectivity index (χ1v) is 9.47. The van der Waals surface area contributed by atoms with Crippen molar-refractivity contribution < 1.29 is 9.21 Å². The summed E-state index contributed by atoms with van der Waals surface area (Å²) < 4.78 is 7.38. The van der Waals surface area contributed by atoms with Crippen LogP contribution in [-0.2, 0) is 4.79 Å². The highest BCUT2D eigenvalue weighted by Gasteiger charge is 2.34. The number of benzene rings is 2. The number of amides is 1. The lowest BCUT2D eigenvalue weighted by Crippen LogP contribution is -2.25. The van der Waals surface area contributed by atoms with Crippen molar-refractivity contribution in [2.75, 3.05) is 5.32 Å². The minimum absolute atomic E-state index is 0.134. The van der Waals surface area contributed by atoms with Crippen LogP contribution in [0.1, 0.15) is 29.2 Å². The van der Waals surface area contributed by atoms with Crippen LogP contribution in [0.3, 0.4) is 0 Å². The molecule has 1 amide bonds. The molecule has 1 aliphatic rings. The molecule has 0 saturated heterocycles. The molecular formula is C20H14Cl2N4O2. The fourth-order valence-corrected chi connectivity index (χ4v) is 4.13. The van der Waals surface area contributed by atoms with E-state index in [1.54, 1.807) is 6.07 Å². The molecule has 1 N–H and O–H groups in total. The molecule has 0 saturated carbocycles. The number of carbonyl (C=O) groups is 1. The van der Waals surface area contributed by atoms with Crippen molar-refractivity contribution in [2.24, 2.45) is 0 Å². The molecule has 2 aromatic carbocycles. The number of rotatable bonds is 2. The molecule has 0 unspecified atom stereocenters. The summed E-state index contributed by atoms with van der Waals surface area (Å²) in [4.78, 5) is 17.0. The zero-order valence-corrected chi connectivity index (χ0v) is 16.3. The summed E-state index contributed by atoms with van der Waals surface area (Å²) in [5.74, 6) is 0.153. The van der Waals surface area contributed by atoms with E-state index in [2.05, 4.69) is 15.4 Å². The van der Waals surface area contributed by atoms with Gasteiger partial charge < -0.3 is 9.73 Å². The SMILES string of the molecule is Cc1nn(-c2nc3ccccc3o2)c2c1[C@@H](c1cccc(Cl)c1Cl)CC(=O)N2. The summed E-state index contributed by atoms with van der Waals surface area (Å²) in [6, 6.07) is 13.2. The lowest BCUT2D eigenvalue weighted by molar-refractivity contribution is -0.116. The number of halogens is 2. The van der Waals surface area contributed by atoms with E-state index in [4.69, 9.17) is 27.6 Å². The molecule has 28 heavy (non-hydrogen) atoms. The Morgan fingerprint density at radius 2 is 2.00 bits per heavy atom. The standard InChI is InChI=1S/C20H14Cl2N4O2/c1-10-17-12(11-5-4-6-13(21)18(11)22)9-16(27)24-19(17)26(25-10)20-23-14-7-2-3-8-15(14)28-20/h2-8,12H,9H2,1H3,(H,24,27)/t12-/m1/s1. The third-order valence-electron chi connectivity index (χ3n) is 4.92. The zero-order valence-electron chi connectivity index (χ0n) is 14.7. The van der Waals surface area contributed by atoms with Crippen molar-refractivity contribution in [3.8, 4) is 6.01 Å². The van der Waals surface area contributed by atoms with Gasteiger partial charge in [-0.15, -0.1) is 0 Å². The smallest absolute Gasteiger partial charge is 0.325 e. The molecule has 0 aliphatic carbocycles. The van der Waals surface area contributed by atoms with Crippen LogP contribution in [0.15, 0.2) is 46.9 Å². The van der Waals surface area contributed by atoms with E-state index < -0.39 is 0 Å². The van der Waals surface area contributed by atoms with E-state index in [1.165, 1.54) is 4.68 Å². The van der Waals surface area contributed by atoms with E-state index >= 15 is 0 Å². The van der Waals surface area contributed by atoms with Gasteiger partial charge in [0.15, 0.2) is 5.58 Å². The molecule has 6 nitrogen and oxygen atoms in total. The first kappa shape index (κ1) is 17.3. The Hall–Kier alpha value is -2.83. The van der Waals surface area contributed by atoms with E-state index in [9.17, 15) is 4.79 Å². The molecule has 1 aliphatic heterocycles. The van der Waals surface area contributed by atoms with Gasteiger partial charge >= 0.3 is 6.01 Å². The minimum Gasteiger partial charge on any atom is -0.422 e. The monoisotopic (exact) mass is 412 g/mol. The predicted octanol–water partition coefficient (Wildman–Crippen LogP) is 5.10. The number of fused-ring (bicyclic) bond motifs is 2. The first-order valence-electron chi connectivity index (χ1n) is 8.72. The van der Waals surface area contributed by atoms with Crippen molar-refractivity contribution >= 4 is 46.0 Å². The fraction of sp³-hybridized carbons (Fsp3) is 0.150. The number of carbonyl (C=O) groups excluding carboxylic acids is 1. The van der Waals surface area contributed by atoms with Crippen LogP contribution in [0, 0.1) is 6.92 Å². The normalized spacial score (nSPS) is 16.2. The highest BCUT2D eigenvalue weighted by Crippen LogP contribution is 2.43. The second kappa shape index (κ2) is 6.36. The summed E-state index contributed by atoms with van der Waals surface area (Å²) >= 11 is 12.7. The molecule has 0 bridgehead atoms. The molecule has 8 heteroatoms. The van der Waals surface area contributed by atoms with Crippen molar-refractivity contribution in [1.82, 2.24) is 14.8 Å². The third-order valence-corrected chi connectivity index (χ3v) is 5.76.